The van der Waals surface area contributed by atoms with E-state index in [9.17, 15) is 4.39 Å². The van der Waals surface area contributed by atoms with Crippen LogP contribution < -0.4 is 11.2 Å². The molecule has 2 atom stereocenters. The smallest absolute Gasteiger partial charge is 0.163 e. The molecule has 186 valence electrons. The van der Waals surface area contributed by atoms with Crippen LogP contribution in [0.1, 0.15) is 66.0 Å². The van der Waals surface area contributed by atoms with E-state index in [0.29, 0.717) is 29.2 Å². The van der Waals surface area contributed by atoms with Crippen LogP contribution in [0, 0.1) is 5.82 Å². The second-order valence-electron chi connectivity index (χ2n) is 9.18. The van der Waals surface area contributed by atoms with Crippen molar-refractivity contribution >= 4 is 27.5 Å². The highest BCUT2D eigenvalue weighted by Crippen LogP contribution is 2.35. The Morgan fingerprint density at radius 1 is 1.35 bits per heavy atom. The molecule has 1 aromatic carbocycles. The van der Waals surface area contributed by atoms with Crippen molar-refractivity contribution in [1.82, 2.24) is 5.48 Å². The van der Waals surface area contributed by atoms with E-state index in [4.69, 9.17) is 30.0 Å². The molecular formula is C25H34BrFN4O3. The number of hydrogen-bond acceptors (Lipinski definition) is 7. The van der Waals surface area contributed by atoms with Crippen LogP contribution in [0.3, 0.4) is 0 Å². The number of aliphatic imine (C=N–C) groups is 2. The molecule has 0 saturated carbocycles. The SMILES string of the molecule is CC/C(C)=C(N)/N=C1/CC(c2ccc(F)cc2Br)N=C(NOCC2COC(C)(C)O2)C1=C(C)C. The van der Waals surface area contributed by atoms with Gasteiger partial charge in [-0.3, -0.25) is 9.83 Å². The quantitative estimate of drug-likeness (QED) is 0.469. The molecule has 0 radical (unpaired) electrons. The number of nitrogens with one attached hydrogen (secondary N) is 1. The van der Waals surface area contributed by atoms with Crippen molar-refractivity contribution in [2.24, 2.45) is 15.7 Å². The van der Waals surface area contributed by atoms with Crippen molar-refractivity contribution in [2.45, 2.75) is 72.3 Å². The fourth-order valence-corrected chi connectivity index (χ4v) is 4.43. The standard InChI is InChI=1S/C25H34BrFN4O3/c1-7-15(4)23(28)29-21-11-20(18-9-8-16(27)10-19(18)26)30-24(22(21)14(2)3)31-33-13-17-12-32-25(5,6)34-17/h8-10,17,20H,7,11-13,28H2,1-6H3,(H,30,31)/b23-15+,29-21-. The maximum Gasteiger partial charge on any atom is 0.163 e. The highest BCUT2D eigenvalue weighted by atomic mass is 79.9. The Kier molecular flexibility index (Phi) is 8.67. The summed E-state index contributed by atoms with van der Waals surface area (Å²) >= 11 is 3.48. The summed E-state index contributed by atoms with van der Waals surface area (Å²) in [6.07, 6.45) is 1.13. The lowest BCUT2D eigenvalue weighted by Crippen LogP contribution is -2.36. The Hall–Kier alpha value is -2.07. The van der Waals surface area contributed by atoms with Gasteiger partial charge in [0.15, 0.2) is 11.6 Å². The Morgan fingerprint density at radius 3 is 2.68 bits per heavy atom. The summed E-state index contributed by atoms with van der Waals surface area (Å²) in [5, 5.41) is 0. The molecule has 2 aliphatic heterocycles. The second-order valence-corrected chi connectivity index (χ2v) is 10.0. The lowest BCUT2D eigenvalue weighted by atomic mass is 9.91. The summed E-state index contributed by atoms with van der Waals surface area (Å²) in [4.78, 5) is 15.5. The minimum Gasteiger partial charge on any atom is -0.384 e. The fraction of sp³-hybridized carbons (Fsp3) is 0.520. The zero-order chi connectivity index (χ0) is 25.0. The van der Waals surface area contributed by atoms with Gasteiger partial charge in [-0.05, 0) is 64.3 Å². The number of allylic oxidation sites excluding steroid dienone is 2. The van der Waals surface area contributed by atoms with Crippen LogP contribution in [-0.4, -0.2) is 36.7 Å². The van der Waals surface area contributed by atoms with E-state index in [-0.39, 0.29) is 24.6 Å². The van der Waals surface area contributed by atoms with Gasteiger partial charge in [0.25, 0.3) is 0 Å². The van der Waals surface area contributed by atoms with E-state index >= 15 is 0 Å². The molecule has 0 bridgehead atoms. The maximum atomic E-state index is 13.7. The number of benzene rings is 1. The van der Waals surface area contributed by atoms with Gasteiger partial charge in [-0.1, -0.05) is 34.5 Å². The van der Waals surface area contributed by atoms with Gasteiger partial charge in [0, 0.05) is 16.5 Å². The molecule has 2 unspecified atom stereocenters. The summed E-state index contributed by atoms with van der Waals surface area (Å²) < 4.78 is 25.8. The predicted octanol–water partition coefficient (Wildman–Crippen LogP) is 5.48. The van der Waals surface area contributed by atoms with Crippen molar-refractivity contribution in [3.63, 3.8) is 0 Å². The Morgan fingerprint density at radius 2 is 2.09 bits per heavy atom. The van der Waals surface area contributed by atoms with Crippen molar-refractivity contribution in [1.29, 1.82) is 0 Å². The third-order valence-corrected chi connectivity index (χ3v) is 6.43. The lowest BCUT2D eigenvalue weighted by molar-refractivity contribution is -0.146. The third kappa shape index (κ3) is 6.53. The van der Waals surface area contributed by atoms with Crippen molar-refractivity contribution in [3.05, 3.63) is 56.6 Å². The van der Waals surface area contributed by atoms with Gasteiger partial charge in [0.2, 0.25) is 0 Å². The molecule has 0 amide bonds. The first-order valence-corrected chi connectivity index (χ1v) is 12.2. The van der Waals surface area contributed by atoms with Crippen LogP contribution in [-0.2, 0) is 14.3 Å². The summed E-state index contributed by atoms with van der Waals surface area (Å²) in [7, 11) is 0. The summed E-state index contributed by atoms with van der Waals surface area (Å²) in [6, 6.07) is 4.31. The number of hydroxylamine groups is 1. The highest BCUT2D eigenvalue weighted by molar-refractivity contribution is 9.10. The van der Waals surface area contributed by atoms with Gasteiger partial charge in [-0.2, -0.15) is 0 Å². The second kappa shape index (κ2) is 11.1. The van der Waals surface area contributed by atoms with Crippen molar-refractivity contribution in [2.75, 3.05) is 13.2 Å². The summed E-state index contributed by atoms with van der Waals surface area (Å²) in [5.74, 6) is 0.103. The fourth-order valence-electron chi connectivity index (χ4n) is 3.81. The number of amidine groups is 1. The number of nitrogens with two attached hydrogens (primary N) is 1. The molecule has 0 aliphatic carbocycles. The van der Waals surface area contributed by atoms with Crippen LogP contribution >= 0.6 is 15.9 Å². The average Bonchev–Trinajstić information content (AvgIpc) is 3.11. The van der Waals surface area contributed by atoms with Crippen LogP contribution in [0.25, 0.3) is 0 Å². The number of ether oxygens (including phenoxy) is 2. The monoisotopic (exact) mass is 536 g/mol. The maximum absolute atomic E-state index is 13.7. The first kappa shape index (κ1) is 26.5. The number of nitrogens with zero attached hydrogens (tertiary/aromatic N) is 2. The van der Waals surface area contributed by atoms with E-state index in [1.165, 1.54) is 12.1 Å². The minimum atomic E-state index is -0.623. The molecule has 34 heavy (non-hydrogen) atoms. The molecule has 7 nitrogen and oxygen atoms in total. The van der Waals surface area contributed by atoms with E-state index in [1.54, 1.807) is 6.07 Å². The lowest BCUT2D eigenvalue weighted by Gasteiger charge is -2.27. The first-order valence-electron chi connectivity index (χ1n) is 11.4. The van der Waals surface area contributed by atoms with Gasteiger partial charge in [0.05, 0.1) is 18.4 Å². The molecule has 1 fully saturated rings. The average molecular weight is 537 g/mol. The molecule has 3 rings (SSSR count). The molecule has 0 aromatic heterocycles. The third-order valence-electron chi connectivity index (χ3n) is 5.75. The van der Waals surface area contributed by atoms with E-state index < -0.39 is 5.79 Å². The number of rotatable bonds is 6. The zero-order valence-electron chi connectivity index (χ0n) is 20.7. The molecule has 1 aromatic rings. The van der Waals surface area contributed by atoms with E-state index in [0.717, 1.165) is 34.4 Å². The van der Waals surface area contributed by atoms with E-state index in [1.807, 2.05) is 41.5 Å². The molecular weight excluding hydrogens is 503 g/mol. The van der Waals surface area contributed by atoms with Crippen LogP contribution in [0.5, 0.6) is 0 Å². The van der Waals surface area contributed by atoms with Gasteiger partial charge in [0.1, 0.15) is 24.3 Å². The van der Waals surface area contributed by atoms with Gasteiger partial charge >= 0.3 is 0 Å². The normalized spacial score (nSPS) is 24.2. The Balaban J connectivity index is 1.95. The van der Waals surface area contributed by atoms with Gasteiger partial charge in [-0.25, -0.2) is 14.9 Å². The molecule has 9 heteroatoms. The number of halogens is 2. The predicted molar refractivity (Wildman–Crippen MR) is 136 cm³/mol. The Bertz CT molecular complexity index is 1040. The topological polar surface area (TPSA) is 90.5 Å². The first-order chi connectivity index (χ1) is 16.0. The minimum absolute atomic E-state index is 0.192. The van der Waals surface area contributed by atoms with Crippen LogP contribution in [0.2, 0.25) is 0 Å². The highest BCUT2D eigenvalue weighted by Gasteiger charge is 2.33. The van der Waals surface area contributed by atoms with Gasteiger partial charge in [-0.15, -0.1) is 0 Å². The summed E-state index contributed by atoms with van der Waals surface area (Å²) in [6.45, 7) is 12.5. The van der Waals surface area contributed by atoms with Crippen LogP contribution in [0.4, 0.5) is 4.39 Å². The molecule has 3 N–H and O–H groups in total. The largest absolute Gasteiger partial charge is 0.384 e. The molecule has 1 saturated heterocycles. The zero-order valence-corrected chi connectivity index (χ0v) is 22.3. The van der Waals surface area contributed by atoms with Crippen molar-refractivity contribution in [3.8, 4) is 0 Å². The number of hydrogen-bond donors (Lipinski definition) is 2. The van der Waals surface area contributed by atoms with E-state index in [2.05, 4.69) is 21.4 Å². The molecule has 2 heterocycles. The van der Waals surface area contributed by atoms with Crippen LogP contribution in [0.15, 0.2) is 55.2 Å². The Labute approximate surface area is 209 Å². The molecule has 0 spiro atoms. The summed E-state index contributed by atoms with van der Waals surface area (Å²) in [5.41, 5.74) is 13.8. The van der Waals surface area contributed by atoms with Gasteiger partial charge < -0.3 is 15.2 Å². The molecule has 2 aliphatic rings. The van der Waals surface area contributed by atoms with Crippen molar-refractivity contribution < 1.29 is 18.7 Å².